The number of allylic oxidation sites excluding steroid dienone is 1. The van der Waals surface area contributed by atoms with E-state index in [0.717, 1.165) is 16.5 Å². The van der Waals surface area contributed by atoms with Gasteiger partial charge in [-0.1, -0.05) is 115 Å². The van der Waals surface area contributed by atoms with Gasteiger partial charge in [-0.25, -0.2) is 4.79 Å². The lowest BCUT2D eigenvalue weighted by Crippen LogP contribution is -2.20. The molecular weight excluding hydrogens is 422 g/mol. The van der Waals surface area contributed by atoms with E-state index in [0.29, 0.717) is 0 Å². The molecule has 34 heavy (non-hydrogen) atoms. The Morgan fingerprint density at radius 2 is 1.32 bits per heavy atom. The molecule has 4 aromatic rings. The van der Waals surface area contributed by atoms with Gasteiger partial charge in [-0.15, -0.1) is 0 Å². The van der Waals surface area contributed by atoms with Crippen molar-refractivity contribution in [3.8, 4) is 23.0 Å². The first kappa shape index (κ1) is 23.8. The third-order valence-electron chi connectivity index (χ3n) is 4.99. The Morgan fingerprint density at radius 1 is 0.794 bits per heavy atom. The molecule has 6 N–H and O–H groups in total. The van der Waals surface area contributed by atoms with Crippen LogP contribution in [0.1, 0.15) is 17.0 Å². The molecule has 1 aliphatic carbocycles. The molecule has 0 spiro atoms. The molecule has 168 valence electrons. The third kappa shape index (κ3) is 6.59. The Hall–Kier alpha value is -4.82. The van der Waals surface area contributed by atoms with Gasteiger partial charge in [0.2, 0.25) is 0 Å². The van der Waals surface area contributed by atoms with Gasteiger partial charge in [0.15, 0.2) is 5.96 Å². The van der Waals surface area contributed by atoms with Crippen LogP contribution >= 0.6 is 0 Å². The molecular formula is C29H25N3O2. The summed E-state index contributed by atoms with van der Waals surface area (Å²) in [6, 6.07) is 33.0. The second kappa shape index (κ2) is 11.7. The van der Waals surface area contributed by atoms with Crippen LogP contribution in [0.2, 0.25) is 0 Å². The molecule has 0 aliphatic heterocycles. The molecule has 0 saturated heterocycles. The molecule has 1 aliphatic rings. The number of guanidine groups is 1. The fraction of sp³-hybridized carbons (Fsp3) is 0.0345. The number of hydrogen-bond donors (Lipinski definition) is 4. The van der Waals surface area contributed by atoms with E-state index in [1.54, 1.807) is 0 Å². The first-order valence-corrected chi connectivity index (χ1v) is 10.6. The van der Waals surface area contributed by atoms with E-state index < -0.39 is 5.97 Å². The highest BCUT2D eigenvalue weighted by molar-refractivity contribution is 5.96. The van der Waals surface area contributed by atoms with Crippen LogP contribution in [0.3, 0.4) is 0 Å². The first-order valence-electron chi connectivity index (χ1n) is 10.6. The minimum atomic E-state index is -1.09. The predicted molar refractivity (Wildman–Crippen MR) is 139 cm³/mol. The summed E-state index contributed by atoms with van der Waals surface area (Å²) < 4.78 is 0. The van der Waals surface area contributed by atoms with Crippen molar-refractivity contribution < 1.29 is 9.90 Å². The lowest BCUT2D eigenvalue weighted by Gasteiger charge is -2.17. The summed E-state index contributed by atoms with van der Waals surface area (Å²) in [5.74, 6) is 3.43. The highest BCUT2D eigenvalue weighted by Gasteiger charge is 2.15. The maximum absolute atomic E-state index is 10.5. The Bertz CT molecular complexity index is 1320. The van der Waals surface area contributed by atoms with Gasteiger partial charge in [0.05, 0.1) is 5.92 Å². The molecule has 0 heterocycles. The monoisotopic (exact) mass is 447 g/mol. The maximum atomic E-state index is 10.5. The zero-order valence-electron chi connectivity index (χ0n) is 18.5. The van der Waals surface area contributed by atoms with Crippen LogP contribution in [0.4, 0.5) is 0 Å². The highest BCUT2D eigenvalue weighted by Crippen LogP contribution is 2.34. The summed E-state index contributed by atoms with van der Waals surface area (Å²) in [5, 5.41) is 17.0. The molecule has 1 unspecified atom stereocenters. The third-order valence-corrected chi connectivity index (χ3v) is 4.99. The van der Waals surface area contributed by atoms with E-state index in [1.165, 1.54) is 16.5 Å². The maximum Gasteiger partial charge on any atom is 0.381 e. The SMILES string of the molecule is N=C(N)N.O=C(O)C#CC1C=Cc2cccc3cccc1c23.c1ccc(-c2ccccc2)cc1. The van der Waals surface area contributed by atoms with Gasteiger partial charge in [0, 0.05) is 5.92 Å². The molecule has 5 nitrogen and oxygen atoms in total. The van der Waals surface area contributed by atoms with E-state index >= 15 is 0 Å². The minimum Gasteiger partial charge on any atom is -0.472 e. The number of rotatable bonds is 1. The van der Waals surface area contributed by atoms with Gasteiger partial charge in [-0.3, -0.25) is 5.41 Å². The van der Waals surface area contributed by atoms with Gasteiger partial charge in [0.25, 0.3) is 0 Å². The first-order chi connectivity index (χ1) is 16.5. The van der Waals surface area contributed by atoms with Crippen molar-refractivity contribution in [3.63, 3.8) is 0 Å². The lowest BCUT2D eigenvalue weighted by atomic mass is 9.86. The number of hydrogen-bond acceptors (Lipinski definition) is 2. The van der Waals surface area contributed by atoms with Crippen molar-refractivity contribution >= 4 is 28.8 Å². The Balaban J connectivity index is 0.000000175. The number of nitrogens with two attached hydrogens (primary N) is 2. The van der Waals surface area contributed by atoms with E-state index in [9.17, 15) is 4.79 Å². The number of aliphatic carboxylic acids is 1. The number of carbonyl (C=O) groups is 1. The fourth-order valence-electron chi connectivity index (χ4n) is 3.63. The quantitative estimate of drug-likeness (QED) is 0.182. The predicted octanol–water partition coefficient (Wildman–Crippen LogP) is 5.23. The molecule has 0 radical (unpaired) electrons. The number of carboxylic acid groups (broad SMARTS) is 1. The summed E-state index contributed by atoms with van der Waals surface area (Å²) >= 11 is 0. The second-order valence-corrected chi connectivity index (χ2v) is 7.39. The Labute approximate surface area is 198 Å². The van der Waals surface area contributed by atoms with E-state index in [2.05, 4.69) is 90.0 Å². The van der Waals surface area contributed by atoms with Crippen LogP contribution in [0.5, 0.6) is 0 Å². The highest BCUT2D eigenvalue weighted by atomic mass is 16.4. The summed E-state index contributed by atoms with van der Waals surface area (Å²) in [7, 11) is 0. The Morgan fingerprint density at radius 3 is 1.85 bits per heavy atom. The summed E-state index contributed by atoms with van der Waals surface area (Å²) in [6.45, 7) is 0. The average Bonchev–Trinajstić information content (AvgIpc) is 2.85. The smallest absolute Gasteiger partial charge is 0.381 e. The molecule has 0 saturated carbocycles. The number of nitrogens with one attached hydrogen (secondary N) is 1. The number of carboxylic acids is 1. The molecule has 0 bridgehead atoms. The van der Waals surface area contributed by atoms with Gasteiger partial charge >= 0.3 is 5.97 Å². The molecule has 1 atom stereocenters. The van der Waals surface area contributed by atoms with E-state index in [-0.39, 0.29) is 11.9 Å². The largest absolute Gasteiger partial charge is 0.472 e. The van der Waals surface area contributed by atoms with E-state index in [4.69, 9.17) is 10.5 Å². The van der Waals surface area contributed by atoms with Gasteiger partial charge < -0.3 is 16.6 Å². The Kier molecular flexibility index (Phi) is 8.20. The minimum absolute atomic E-state index is 0.139. The van der Waals surface area contributed by atoms with Crippen LogP contribution in [-0.4, -0.2) is 17.0 Å². The molecule has 5 heteroatoms. The zero-order valence-corrected chi connectivity index (χ0v) is 18.5. The molecule has 5 rings (SSSR count). The van der Waals surface area contributed by atoms with Crippen molar-refractivity contribution in [2.24, 2.45) is 11.5 Å². The molecule has 4 aromatic carbocycles. The van der Waals surface area contributed by atoms with Crippen molar-refractivity contribution in [2.45, 2.75) is 5.92 Å². The molecule has 0 fully saturated rings. The second-order valence-electron chi connectivity index (χ2n) is 7.39. The van der Waals surface area contributed by atoms with E-state index in [1.807, 2.05) is 42.5 Å². The lowest BCUT2D eigenvalue weighted by molar-refractivity contribution is -0.130. The van der Waals surface area contributed by atoms with Gasteiger partial charge in [0.1, 0.15) is 0 Å². The average molecular weight is 448 g/mol. The fourth-order valence-corrected chi connectivity index (χ4v) is 3.63. The van der Waals surface area contributed by atoms with Crippen LogP contribution in [0.15, 0.2) is 103 Å². The number of benzene rings is 4. The van der Waals surface area contributed by atoms with Crippen molar-refractivity contribution in [3.05, 3.63) is 114 Å². The summed E-state index contributed by atoms with van der Waals surface area (Å²) in [6.07, 6.45) is 3.96. The zero-order chi connectivity index (χ0) is 24.3. The van der Waals surface area contributed by atoms with Crippen molar-refractivity contribution in [1.29, 1.82) is 5.41 Å². The molecule has 0 amide bonds. The van der Waals surface area contributed by atoms with Gasteiger partial charge in [-0.2, -0.15) is 0 Å². The summed E-state index contributed by atoms with van der Waals surface area (Å²) in [5.41, 5.74) is 13.7. The van der Waals surface area contributed by atoms with Crippen LogP contribution in [-0.2, 0) is 4.79 Å². The summed E-state index contributed by atoms with van der Waals surface area (Å²) in [4.78, 5) is 10.5. The van der Waals surface area contributed by atoms with Crippen LogP contribution in [0, 0.1) is 17.3 Å². The van der Waals surface area contributed by atoms with Crippen LogP contribution in [0.25, 0.3) is 28.0 Å². The standard InChI is InChI=1S/C16H10O2.C12H10.CH5N3/c17-15(18)10-9-11-7-8-13-4-1-3-12-5-2-6-14(11)16(12)13;1-3-7-11(8-4-1)12-9-5-2-6-10-12;2-1(3)4/h1-8,11H,(H,17,18);1-10H;(H5,2,3,4). The van der Waals surface area contributed by atoms with Crippen molar-refractivity contribution in [2.75, 3.05) is 0 Å². The molecule has 0 aromatic heterocycles. The normalized spacial score (nSPS) is 12.6. The van der Waals surface area contributed by atoms with Crippen molar-refractivity contribution in [1.82, 2.24) is 0 Å². The van der Waals surface area contributed by atoms with Crippen LogP contribution < -0.4 is 11.5 Å². The topological polar surface area (TPSA) is 113 Å². The van der Waals surface area contributed by atoms with Gasteiger partial charge in [-0.05, 0) is 33.0 Å².